The fourth-order valence-corrected chi connectivity index (χ4v) is 1.63. The van der Waals surface area contributed by atoms with Crippen molar-refractivity contribution in [2.45, 2.75) is 0 Å². The van der Waals surface area contributed by atoms with Gasteiger partial charge in [-0.25, -0.2) is 4.98 Å². The van der Waals surface area contributed by atoms with Gasteiger partial charge in [0, 0.05) is 6.20 Å². The van der Waals surface area contributed by atoms with Crippen molar-refractivity contribution >= 4 is 28.8 Å². The summed E-state index contributed by atoms with van der Waals surface area (Å²) in [5, 5.41) is 21.0. The summed E-state index contributed by atoms with van der Waals surface area (Å²) >= 11 is 6.02. The smallest absolute Gasteiger partial charge is 0.153 e. The Labute approximate surface area is 114 Å². The van der Waals surface area contributed by atoms with E-state index in [0.29, 0.717) is 33.3 Å². The summed E-state index contributed by atoms with van der Waals surface area (Å²) in [6.45, 7) is 0. The Morgan fingerprint density at radius 1 is 1.16 bits per heavy atom. The number of hydrogen-bond acceptors (Lipinski definition) is 5. The molecule has 1 aromatic carbocycles. The Balaban J connectivity index is 2.37. The molecule has 0 amide bonds. The molecule has 6 heteroatoms. The average Bonchev–Trinajstić information content (AvgIpc) is 2.43. The lowest BCUT2D eigenvalue weighted by molar-refractivity contribution is 1.29. The molecule has 5 nitrogen and oxygen atoms in total. The minimum absolute atomic E-state index is 0.331. The van der Waals surface area contributed by atoms with Crippen LogP contribution in [0.25, 0.3) is 0 Å². The molecule has 0 saturated heterocycles. The van der Waals surface area contributed by atoms with Crippen molar-refractivity contribution in [3.63, 3.8) is 0 Å². The minimum atomic E-state index is 0.331. The molecule has 2 aromatic rings. The van der Waals surface area contributed by atoms with Crippen molar-refractivity contribution < 1.29 is 0 Å². The maximum absolute atomic E-state index is 8.84. The zero-order chi connectivity index (χ0) is 13.8. The van der Waals surface area contributed by atoms with Gasteiger partial charge in [0.2, 0.25) is 0 Å². The van der Waals surface area contributed by atoms with E-state index in [2.05, 4.69) is 10.3 Å². The number of benzene rings is 1. The second kappa shape index (κ2) is 5.26. The van der Waals surface area contributed by atoms with E-state index in [0.717, 1.165) is 0 Å². The van der Waals surface area contributed by atoms with E-state index >= 15 is 0 Å². The van der Waals surface area contributed by atoms with Crippen molar-refractivity contribution in [2.24, 2.45) is 0 Å². The van der Waals surface area contributed by atoms with Gasteiger partial charge < -0.3 is 11.1 Å². The van der Waals surface area contributed by atoms with Crippen molar-refractivity contribution in [3.05, 3.63) is 46.6 Å². The van der Waals surface area contributed by atoms with Crippen LogP contribution < -0.4 is 11.1 Å². The van der Waals surface area contributed by atoms with Gasteiger partial charge in [0.15, 0.2) is 5.82 Å². The molecule has 0 saturated carbocycles. The Bertz CT molecular complexity index is 712. The maximum atomic E-state index is 8.84. The van der Waals surface area contributed by atoms with Gasteiger partial charge in [-0.1, -0.05) is 11.6 Å². The van der Waals surface area contributed by atoms with E-state index < -0.39 is 0 Å². The molecule has 0 spiro atoms. The van der Waals surface area contributed by atoms with Crippen LogP contribution in [0.2, 0.25) is 5.02 Å². The van der Waals surface area contributed by atoms with Crippen molar-refractivity contribution in [1.29, 1.82) is 10.5 Å². The van der Waals surface area contributed by atoms with E-state index in [1.807, 2.05) is 12.1 Å². The van der Waals surface area contributed by atoms with Crippen LogP contribution in [0.1, 0.15) is 11.1 Å². The first-order valence-electron chi connectivity index (χ1n) is 5.26. The number of pyridine rings is 1. The third-order valence-corrected chi connectivity index (χ3v) is 2.72. The van der Waals surface area contributed by atoms with E-state index in [1.54, 1.807) is 18.2 Å². The summed E-state index contributed by atoms with van der Waals surface area (Å²) in [7, 11) is 0. The molecular weight excluding hydrogens is 262 g/mol. The number of aromatic nitrogens is 1. The van der Waals surface area contributed by atoms with Crippen molar-refractivity contribution in [1.82, 2.24) is 4.98 Å². The van der Waals surface area contributed by atoms with Gasteiger partial charge in [0.1, 0.15) is 6.07 Å². The molecule has 2 rings (SSSR count). The summed E-state index contributed by atoms with van der Waals surface area (Å²) in [5.41, 5.74) is 7.49. The third-order valence-electron chi connectivity index (χ3n) is 2.39. The van der Waals surface area contributed by atoms with E-state index in [4.69, 9.17) is 27.9 Å². The second-order valence-electron chi connectivity index (χ2n) is 3.71. The number of nitrogens with one attached hydrogen (secondary N) is 1. The molecule has 0 aliphatic carbocycles. The fourth-order valence-electron chi connectivity index (χ4n) is 1.47. The Morgan fingerprint density at radius 2 is 1.89 bits per heavy atom. The number of hydrogen-bond donors (Lipinski definition) is 2. The Morgan fingerprint density at radius 3 is 2.53 bits per heavy atom. The van der Waals surface area contributed by atoms with Crippen LogP contribution in [-0.2, 0) is 0 Å². The van der Waals surface area contributed by atoms with E-state index in [-0.39, 0.29) is 0 Å². The lowest BCUT2D eigenvalue weighted by Gasteiger charge is -2.10. The predicted molar refractivity (Wildman–Crippen MR) is 72.8 cm³/mol. The molecule has 3 N–H and O–H groups in total. The molecule has 0 radical (unpaired) electrons. The number of nitrogens with two attached hydrogens (primary N) is 1. The van der Waals surface area contributed by atoms with Crippen LogP contribution in [0.4, 0.5) is 17.2 Å². The van der Waals surface area contributed by atoms with Crippen LogP contribution in [0.15, 0.2) is 30.5 Å². The summed E-state index contributed by atoms with van der Waals surface area (Å²) in [6, 6.07) is 10.3. The molecule has 0 fully saturated rings. The van der Waals surface area contributed by atoms with Crippen LogP contribution >= 0.6 is 11.6 Å². The standard InChI is InChI=1S/C13H8ClN5/c14-10-2-1-8(5-15)4-12(10)19-13-11(17)3-9(6-16)7-18-13/h1-4,7H,17H2,(H,18,19). The van der Waals surface area contributed by atoms with Gasteiger partial charge in [0.05, 0.1) is 33.6 Å². The molecule has 92 valence electrons. The summed E-state index contributed by atoms with van der Waals surface area (Å²) in [5.74, 6) is 0.385. The van der Waals surface area contributed by atoms with Crippen LogP contribution in [0.3, 0.4) is 0 Å². The van der Waals surface area contributed by atoms with Gasteiger partial charge >= 0.3 is 0 Å². The monoisotopic (exact) mass is 269 g/mol. The zero-order valence-corrected chi connectivity index (χ0v) is 10.4. The van der Waals surface area contributed by atoms with Crippen LogP contribution in [0, 0.1) is 22.7 Å². The zero-order valence-electron chi connectivity index (χ0n) is 9.68. The molecule has 0 bridgehead atoms. The fraction of sp³-hybridized carbons (Fsp3) is 0. The van der Waals surface area contributed by atoms with Gasteiger partial charge in [-0.05, 0) is 24.3 Å². The highest BCUT2D eigenvalue weighted by Gasteiger charge is 2.07. The van der Waals surface area contributed by atoms with Gasteiger partial charge in [-0.3, -0.25) is 0 Å². The number of anilines is 3. The maximum Gasteiger partial charge on any atom is 0.153 e. The van der Waals surface area contributed by atoms with Gasteiger partial charge in [-0.15, -0.1) is 0 Å². The first-order valence-corrected chi connectivity index (χ1v) is 5.64. The highest BCUT2D eigenvalue weighted by molar-refractivity contribution is 6.33. The summed E-state index contributed by atoms with van der Waals surface area (Å²) in [6.07, 6.45) is 1.40. The van der Waals surface area contributed by atoms with E-state index in [1.165, 1.54) is 12.3 Å². The lowest BCUT2D eigenvalue weighted by Crippen LogP contribution is -2.00. The number of rotatable bonds is 2. The minimum Gasteiger partial charge on any atom is -0.396 e. The Kier molecular flexibility index (Phi) is 3.51. The predicted octanol–water partition coefficient (Wildman–Crippen LogP) is 2.80. The van der Waals surface area contributed by atoms with Gasteiger partial charge in [0.25, 0.3) is 0 Å². The molecule has 0 aliphatic rings. The van der Waals surface area contributed by atoms with Crippen molar-refractivity contribution in [3.8, 4) is 12.1 Å². The molecule has 19 heavy (non-hydrogen) atoms. The highest BCUT2D eigenvalue weighted by atomic mass is 35.5. The first-order chi connectivity index (χ1) is 9.13. The molecular formula is C13H8ClN5. The van der Waals surface area contributed by atoms with Crippen LogP contribution in [0.5, 0.6) is 0 Å². The number of nitrogen functional groups attached to an aromatic ring is 1. The molecule has 1 aromatic heterocycles. The lowest BCUT2D eigenvalue weighted by atomic mass is 10.2. The Hall–Kier alpha value is -2.76. The normalized spacial score (nSPS) is 9.42. The quantitative estimate of drug-likeness (QED) is 0.873. The van der Waals surface area contributed by atoms with E-state index in [9.17, 15) is 0 Å². The number of halogens is 1. The topological polar surface area (TPSA) is 98.5 Å². The molecule has 0 atom stereocenters. The SMILES string of the molecule is N#Cc1cnc(Nc2cc(C#N)ccc2Cl)c(N)c1. The van der Waals surface area contributed by atoms with Gasteiger partial charge in [-0.2, -0.15) is 10.5 Å². The second-order valence-corrected chi connectivity index (χ2v) is 4.11. The third kappa shape index (κ3) is 2.74. The average molecular weight is 270 g/mol. The molecule has 0 aliphatic heterocycles. The summed E-state index contributed by atoms with van der Waals surface area (Å²) < 4.78 is 0. The number of nitriles is 2. The van der Waals surface area contributed by atoms with Crippen LogP contribution in [-0.4, -0.2) is 4.98 Å². The number of nitrogens with zero attached hydrogens (tertiary/aromatic N) is 3. The molecule has 0 unspecified atom stereocenters. The highest BCUT2D eigenvalue weighted by Crippen LogP contribution is 2.28. The first kappa shape index (κ1) is 12.7. The largest absolute Gasteiger partial charge is 0.396 e. The summed E-state index contributed by atoms with van der Waals surface area (Å²) in [4.78, 5) is 4.04. The van der Waals surface area contributed by atoms with Crippen molar-refractivity contribution in [2.75, 3.05) is 11.1 Å². The molecule has 1 heterocycles.